The predicted octanol–water partition coefficient (Wildman–Crippen LogP) is 0.389. The molecule has 72 valence electrons. The molecule has 7 heteroatoms. The van der Waals surface area contributed by atoms with Gasteiger partial charge in [-0.1, -0.05) is 5.11 Å². The van der Waals surface area contributed by atoms with Gasteiger partial charge >= 0.3 is 0 Å². The van der Waals surface area contributed by atoms with Crippen LogP contribution in [0.4, 0.5) is 0 Å². The Balaban J connectivity index is 2.21. The molecule has 0 amide bonds. The zero-order valence-electron chi connectivity index (χ0n) is 6.58. The first-order valence-corrected chi connectivity index (χ1v) is 4.31. The summed E-state index contributed by atoms with van der Waals surface area (Å²) in [6.07, 6.45) is -1.85. The van der Waals surface area contributed by atoms with Gasteiger partial charge in [-0.25, -0.2) is 0 Å². The highest BCUT2D eigenvalue weighted by Gasteiger charge is 2.49. The van der Waals surface area contributed by atoms with Crippen molar-refractivity contribution < 1.29 is 14.6 Å². The molecule has 2 fully saturated rings. The van der Waals surface area contributed by atoms with Gasteiger partial charge in [0.2, 0.25) is 0 Å². The van der Waals surface area contributed by atoms with E-state index in [1.54, 1.807) is 0 Å². The summed E-state index contributed by atoms with van der Waals surface area (Å²) in [5.41, 5.74) is 8.24. The van der Waals surface area contributed by atoms with Crippen molar-refractivity contribution in [3.05, 3.63) is 10.4 Å². The van der Waals surface area contributed by atoms with Gasteiger partial charge in [0.05, 0.1) is 18.1 Å². The highest BCUT2D eigenvalue weighted by atomic mass is 35.5. The lowest BCUT2D eigenvalue weighted by molar-refractivity contribution is -0.128. The number of aliphatic hydroxyl groups is 1. The summed E-state index contributed by atoms with van der Waals surface area (Å²) < 4.78 is 10.4. The second-order valence-corrected chi connectivity index (χ2v) is 3.51. The number of fused-ring (bicyclic) bond motifs is 2. The van der Waals surface area contributed by atoms with E-state index in [1.165, 1.54) is 0 Å². The third-order valence-electron chi connectivity index (χ3n) is 2.23. The van der Waals surface area contributed by atoms with Gasteiger partial charge in [-0.3, -0.25) is 0 Å². The fraction of sp³-hybridized carbons (Fsp3) is 1.00. The van der Waals surface area contributed by atoms with Crippen LogP contribution in [0, 0.1) is 0 Å². The van der Waals surface area contributed by atoms with E-state index in [9.17, 15) is 5.11 Å². The Morgan fingerprint density at radius 2 is 2.38 bits per heavy atom. The highest BCUT2D eigenvalue weighted by Crippen LogP contribution is 2.32. The Kier molecular flexibility index (Phi) is 2.31. The van der Waals surface area contributed by atoms with Gasteiger partial charge in [0, 0.05) is 4.91 Å². The molecule has 1 N–H and O–H groups in total. The molecule has 2 saturated heterocycles. The van der Waals surface area contributed by atoms with Crippen LogP contribution in [0.5, 0.6) is 0 Å². The van der Waals surface area contributed by atoms with Crippen LogP contribution in [0.1, 0.15) is 0 Å². The summed E-state index contributed by atoms with van der Waals surface area (Å²) >= 11 is 5.85. The second-order valence-electron chi connectivity index (χ2n) is 3.01. The van der Waals surface area contributed by atoms with Crippen molar-refractivity contribution in [1.29, 1.82) is 0 Å². The summed E-state index contributed by atoms with van der Waals surface area (Å²) in [7, 11) is 0. The first kappa shape index (κ1) is 9.05. The molecule has 2 heterocycles. The first-order valence-electron chi connectivity index (χ1n) is 3.87. The maximum atomic E-state index is 9.59. The molecule has 0 aromatic carbocycles. The fourth-order valence-electron chi connectivity index (χ4n) is 1.54. The Labute approximate surface area is 79.0 Å². The van der Waals surface area contributed by atoms with E-state index in [0.717, 1.165) is 0 Å². The van der Waals surface area contributed by atoms with Crippen LogP contribution in [0.2, 0.25) is 0 Å². The highest BCUT2D eigenvalue weighted by molar-refractivity contribution is 6.21. The third-order valence-corrected chi connectivity index (χ3v) is 2.77. The molecule has 2 rings (SSSR count). The normalized spacial score (nSPS) is 48.6. The van der Waals surface area contributed by atoms with Crippen molar-refractivity contribution in [2.75, 3.05) is 6.61 Å². The molecule has 5 atom stereocenters. The minimum atomic E-state index is -0.899. The summed E-state index contributed by atoms with van der Waals surface area (Å²) in [6.45, 7) is 0.341. The molecule has 0 aliphatic carbocycles. The molecule has 13 heavy (non-hydrogen) atoms. The van der Waals surface area contributed by atoms with Crippen molar-refractivity contribution in [3.63, 3.8) is 0 Å². The Morgan fingerprint density at radius 1 is 1.62 bits per heavy atom. The number of nitrogens with zero attached hydrogens (tertiary/aromatic N) is 3. The molecule has 0 unspecified atom stereocenters. The van der Waals surface area contributed by atoms with Gasteiger partial charge in [-0.05, 0) is 5.53 Å². The van der Waals surface area contributed by atoms with E-state index in [0.29, 0.717) is 6.61 Å². The van der Waals surface area contributed by atoms with Gasteiger partial charge in [-0.15, -0.1) is 11.6 Å². The summed E-state index contributed by atoms with van der Waals surface area (Å²) in [6, 6.07) is -0.744. The average molecular weight is 206 g/mol. The van der Waals surface area contributed by atoms with Gasteiger partial charge in [0.1, 0.15) is 12.1 Å². The average Bonchev–Trinajstić information content (AvgIpc) is 2.56. The number of alkyl halides is 1. The number of azide groups is 1. The minimum Gasteiger partial charge on any atom is -0.391 e. The van der Waals surface area contributed by atoms with Gasteiger partial charge in [-0.2, -0.15) is 0 Å². The quantitative estimate of drug-likeness (QED) is 0.291. The SMILES string of the molecule is [N-]=[N+]=N[C@H]1[C@@H]2OC[C@@H](O2)[C@@H](Cl)[C@@H]1O. The third kappa shape index (κ3) is 1.37. The lowest BCUT2D eigenvalue weighted by Crippen LogP contribution is -2.50. The Hall–Kier alpha value is -0.520. The maximum Gasteiger partial charge on any atom is 0.169 e. The fourth-order valence-corrected chi connectivity index (χ4v) is 1.82. The van der Waals surface area contributed by atoms with Crippen molar-refractivity contribution in [3.8, 4) is 0 Å². The van der Waals surface area contributed by atoms with Crippen LogP contribution in [0.15, 0.2) is 5.11 Å². The topological polar surface area (TPSA) is 87.5 Å². The van der Waals surface area contributed by atoms with Crippen LogP contribution in [-0.2, 0) is 9.47 Å². The number of hydrogen-bond donors (Lipinski definition) is 1. The van der Waals surface area contributed by atoms with E-state index in [-0.39, 0.29) is 6.10 Å². The van der Waals surface area contributed by atoms with Crippen molar-refractivity contribution >= 4 is 11.6 Å². The summed E-state index contributed by atoms with van der Waals surface area (Å²) in [5, 5.41) is 12.4. The first-order chi connectivity index (χ1) is 6.24. The number of ether oxygens (including phenoxy) is 2. The monoisotopic (exact) mass is 205 g/mol. The lowest BCUT2D eigenvalue weighted by Gasteiger charge is -2.32. The van der Waals surface area contributed by atoms with Crippen LogP contribution >= 0.6 is 11.6 Å². The molecule has 0 aromatic rings. The largest absolute Gasteiger partial charge is 0.391 e. The lowest BCUT2D eigenvalue weighted by atomic mass is 10.0. The molecule has 0 radical (unpaired) electrons. The molecular weight excluding hydrogens is 198 g/mol. The van der Waals surface area contributed by atoms with Gasteiger partial charge < -0.3 is 14.6 Å². The van der Waals surface area contributed by atoms with E-state index < -0.39 is 23.8 Å². The smallest absolute Gasteiger partial charge is 0.169 e. The zero-order chi connectivity index (χ0) is 9.42. The Morgan fingerprint density at radius 3 is 3.08 bits per heavy atom. The second kappa shape index (κ2) is 3.32. The number of halogens is 1. The Bertz CT molecular complexity index is 258. The van der Waals surface area contributed by atoms with Crippen LogP contribution in [0.25, 0.3) is 10.4 Å². The molecule has 2 aliphatic rings. The van der Waals surface area contributed by atoms with E-state index in [1.807, 2.05) is 0 Å². The van der Waals surface area contributed by atoms with Gasteiger partial charge in [0.15, 0.2) is 6.29 Å². The van der Waals surface area contributed by atoms with E-state index >= 15 is 0 Å². The molecule has 0 spiro atoms. The molecule has 0 aromatic heterocycles. The van der Waals surface area contributed by atoms with E-state index in [2.05, 4.69) is 10.0 Å². The van der Waals surface area contributed by atoms with E-state index in [4.69, 9.17) is 26.6 Å². The predicted molar refractivity (Wildman–Crippen MR) is 43.2 cm³/mol. The summed E-state index contributed by atoms with van der Waals surface area (Å²) in [4.78, 5) is 2.61. The molecule has 2 aliphatic heterocycles. The van der Waals surface area contributed by atoms with Crippen LogP contribution in [0.3, 0.4) is 0 Å². The molecule has 2 bridgehead atoms. The van der Waals surface area contributed by atoms with Crippen molar-refractivity contribution in [1.82, 2.24) is 0 Å². The van der Waals surface area contributed by atoms with Gasteiger partial charge in [0.25, 0.3) is 0 Å². The molecule has 0 saturated carbocycles. The van der Waals surface area contributed by atoms with Crippen LogP contribution < -0.4 is 0 Å². The maximum absolute atomic E-state index is 9.59. The number of rotatable bonds is 1. The summed E-state index contributed by atoms with van der Waals surface area (Å²) in [5.74, 6) is 0. The van der Waals surface area contributed by atoms with Crippen LogP contribution in [-0.4, -0.2) is 41.6 Å². The minimum absolute atomic E-state index is 0.299. The zero-order valence-corrected chi connectivity index (χ0v) is 7.33. The number of aliphatic hydroxyl groups excluding tert-OH is 1. The molecule has 6 nitrogen and oxygen atoms in total. The standard InChI is InChI=1S/C6H8ClN3O3/c7-3-2-1-12-6(13-2)4(5(3)11)9-10-8/h2-6,11H,1H2/t2-,3-,4-,5+,6-/m1/s1. The van der Waals surface area contributed by atoms with Crippen molar-refractivity contribution in [2.24, 2.45) is 5.11 Å². The molecular formula is C6H8ClN3O3. The number of hydrogen-bond acceptors (Lipinski definition) is 4. The van der Waals surface area contributed by atoms with Crippen molar-refractivity contribution in [2.45, 2.75) is 29.9 Å².